The van der Waals surface area contributed by atoms with E-state index in [1.165, 1.54) is 11.3 Å². The van der Waals surface area contributed by atoms with Gasteiger partial charge in [-0.25, -0.2) is 0 Å². The number of aromatic nitrogens is 1. The Bertz CT molecular complexity index is 907. The van der Waals surface area contributed by atoms with Crippen molar-refractivity contribution >= 4 is 17.4 Å². The zero-order chi connectivity index (χ0) is 17.3. The standard InChI is InChI=1S/C16H19N3O4S/c1-18-5-6-19-15(20)13(24-16(19)17-18)9-10-7-11(21-2)14(23-4)12(8-10)22-3/h7-9H,5-6H2,1-4H3/b13-9-. The van der Waals surface area contributed by atoms with Gasteiger partial charge in [0.15, 0.2) is 11.5 Å². The summed E-state index contributed by atoms with van der Waals surface area (Å²) in [5.41, 5.74) is 0.773. The van der Waals surface area contributed by atoms with Gasteiger partial charge in [0, 0.05) is 13.6 Å². The Balaban J connectivity index is 2.17. The molecule has 8 heteroatoms. The van der Waals surface area contributed by atoms with E-state index < -0.39 is 0 Å². The van der Waals surface area contributed by atoms with Crippen LogP contribution in [0.3, 0.4) is 0 Å². The van der Waals surface area contributed by atoms with Crippen LogP contribution in [-0.2, 0) is 6.54 Å². The fourth-order valence-electron chi connectivity index (χ4n) is 2.56. The van der Waals surface area contributed by atoms with Crippen LogP contribution in [0.5, 0.6) is 17.2 Å². The second-order valence-corrected chi connectivity index (χ2v) is 6.30. The lowest BCUT2D eigenvalue weighted by Crippen LogP contribution is -2.39. The first-order valence-electron chi connectivity index (χ1n) is 7.38. The second kappa shape index (κ2) is 6.56. The molecule has 2 aromatic rings. The molecular formula is C16H19N3O4S. The average Bonchev–Trinajstić information content (AvgIpc) is 2.88. The summed E-state index contributed by atoms with van der Waals surface area (Å²) >= 11 is 1.37. The Morgan fingerprint density at radius 3 is 2.38 bits per heavy atom. The van der Waals surface area contributed by atoms with Crippen molar-refractivity contribution in [3.8, 4) is 17.2 Å². The summed E-state index contributed by atoms with van der Waals surface area (Å²) in [5.74, 6) is 1.62. The van der Waals surface area contributed by atoms with Gasteiger partial charge < -0.3 is 14.2 Å². The third-order valence-electron chi connectivity index (χ3n) is 3.78. The summed E-state index contributed by atoms with van der Waals surface area (Å²) in [6.07, 6.45) is 1.82. The molecular weight excluding hydrogens is 330 g/mol. The highest BCUT2D eigenvalue weighted by atomic mass is 32.1. The van der Waals surface area contributed by atoms with Crippen LogP contribution in [0.15, 0.2) is 22.0 Å². The number of thiazole rings is 1. The van der Waals surface area contributed by atoms with Gasteiger partial charge in [0.2, 0.25) is 10.6 Å². The molecule has 0 amide bonds. The summed E-state index contributed by atoms with van der Waals surface area (Å²) in [6, 6.07) is 3.63. The Labute approximate surface area is 143 Å². The highest BCUT2D eigenvalue weighted by molar-refractivity contribution is 7.07. The van der Waals surface area contributed by atoms with Gasteiger partial charge in [-0.2, -0.15) is 0 Å². The molecule has 0 unspecified atom stereocenters. The van der Waals surface area contributed by atoms with E-state index in [1.807, 2.05) is 30.3 Å². The molecule has 0 saturated carbocycles. The lowest BCUT2D eigenvalue weighted by molar-refractivity contribution is 0.290. The molecule has 2 heterocycles. The number of hydrogen-bond acceptors (Lipinski definition) is 7. The van der Waals surface area contributed by atoms with Gasteiger partial charge in [-0.3, -0.25) is 14.4 Å². The molecule has 1 aromatic heterocycles. The van der Waals surface area contributed by atoms with Crippen LogP contribution in [0.2, 0.25) is 0 Å². The van der Waals surface area contributed by atoms with E-state index in [0.29, 0.717) is 33.1 Å². The number of nitrogens with zero attached hydrogens (tertiary/aromatic N) is 3. The molecule has 1 aromatic carbocycles. The highest BCUT2D eigenvalue weighted by Crippen LogP contribution is 2.38. The van der Waals surface area contributed by atoms with Crippen LogP contribution in [0.1, 0.15) is 5.56 Å². The van der Waals surface area contributed by atoms with E-state index in [9.17, 15) is 4.79 Å². The van der Waals surface area contributed by atoms with Crippen LogP contribution in [0.4, 0.5) is 0 Å². The Kier molecular flexibility index (Phi) is 4.48. The third-order valence-corrected chi connectivity index (χ3v) is 4.77. The molecule has 0 bridgehead atoms. The summed E-state index contributed by atoms with van der Waals surface area (Å²) in [4.78, 5) is 13.2. The zero-order valence-corrected chi connectivity index (χ0v) is 14.8. The molecule has 24 heavy (non-hydrogen) atoms. The number of methoxy groups -OCH3 is 3. The van der Waals surface area contributed by atoms with Crippen molar-refractivity contribution in [3.05, 3.63) is 37.4 Å². The number of likely N-dealkylation sites (N-methyl/N-ethyl adjacent to an activating group) is 1. The van der Waals surface area contributed by atoms with Crippen LogP contribution in [-0.4, -0.2) is 44.5 Å². The predicted molar refractivity (Wildman–Crippen MR) is 91.7 cm³/mol. The van der Waals surface area contributed by atoms with E-state index >= 15 is 0 Å². The summed E-state index contributed by atoms with van der Waals surface area (Å²) in [5, 5.41) is 6.23. The van der Waals surface area contributed by atoms with Gasteiger partial charge in [0.25, 0.3) is 5.56 Å². The third kappa shape index (κ3) is 2.84. The van der Waals surface area contributed by atoms with E-state index in [2.05, 4.69) is 5.10 Å². The lowest BCUT2D eigenvalue weighted by Gasteiger charge is -2.16. The van der Waals surface area contributed by atoms with Crippen LogP contribution in [0, 0.1) is 0 Å². The maximum atomic E-state index is 12.5. The first-order chi connectivity index (χ1) is 11.6. The van der Waals surface area contributed by atoms with Crippen molar-refractivity contribution in [1.82, 2.24) is 9.58 Å². The molecule has 7 nitrogen and oxygen atoms in total. The molecule has 0 radical (unpaired) electrons. The molecule has 1 aliphatic heterocycles. The Morgan fingerprint density at radius 1 is 1.12 bits per heavy atom. The molecule has 0 saturated heterocycles. The second-order valence-electron chi connectivity index (χ2n) is 5.29. The average molecular weight is 349 g/mol. The quantitative estimate of drug-likeness (QED) is 0.791. The molecule has 3 rings (SSSR count). The maximum Gasteiger partial charge on any atom is 0.270 e. The Morgan fingerprint density at radius 2 is 1.79 bits per heavy atom. The molecule has 0 N–H and O–H groups in total. The van der Waals surface area contributed by atoms with Gasteiger partial charge >= 0.3 is 0 Å². The van der Waals surface area contributed by atoms with Crippen molar-refractivity contribution in [2.75, 3.05) is 34.9 Å². The summed E-state index contributed by atoms with van der Waals surface area (Å²) in [6.45, 7) is 1.38. The van der Waals surface area contributed by atoms with E-state index in [-0.39, 0.29) is 5.56 Å². The minimum absolute atomic E-state index is 0.0272. The van der Waals surface area contributed by atoms with E-state index in [0.717, 1.165) is 12.1 Å². The molecule has 1 aliphatic rings. The van der Waals surface area contributed by atoms with Gasteiger partial charge in [-0.05, 0) is 23.8 Å². The predicted octanol–water partition coefficient (Wildman–Crippen LogP) is 0.244. The van der Waals surface area contributed by atoms with Crippen LogP contribution in [0.25, 0.3) is 6.08 Å². The van der Waals surface area contributed by atoms with Crippen molar-refractivity contribution in [3.63, 3.8) is 0 Å². The Hall–Kier alpha value is -2.48. The van der Waals surface area contributed by atoms with Crippen LogP contribution >= 0.6 is 11.3 Å². The monoisotopic (exact) mass is 349 g/mol. The SMILES string of the molecule is COc1cc(/C=c2\sc3n(c2=O)CCN(C)N=3)cc(OC)c1OC. The van der Waals surface area contributed by atoms with Gasteiger partial charge in [-0.1, -0.05) is 11.3 Å². The lowest BCUT2D eigenvalue weighted by atomic mass is 10.1. The zero-order valence-electron chi connectivity index (χ0n) is 14.0. The molecule has 128 valence electrons. The van der Waals surface area contributed by atoms with Crippen molar-refractivity contribution < 1.29 is 14.2 Å². The molecule has 0 aliphatic carbocycles. The minimum atomic E-state index is -0.0272. The normalized spacial score (nSPS) is 14.2. The molecule has 0 atom stereocenters. The van der Waals surface area contributed by atoms with Gasteiger partial charge in [0.1, 0.15) is 0 Å². The summed E-state index contributed by atoms with van der Waals surface area (Å²) in [7, 11) is 6.58. The van der Waals surface area contributed by atoms with Crippen molar-refractivity contribution in [2.24, 2.45) is 5.10 Å². The highest BCUT2D eigenvalue weighted by Gasteiger charge is 2.14. The molecule has 0 fully saturated rings. The van der Waals surface area contributed by atoms with E-state index in [4.69, 9.17) is 14.2 Å². The summed E-state index contributed by atoms with van der Waals surface area (Å²) < 4.78 is 18.3. The van der Waals surface area contributed by atoms with Gasteiger partial charge in [-0.15, -0.1) is 5.10 Å². The first kappa shape index (κ1) is 16.4. The van der Waals surface area contributed by atoms with E-state index in [1.54, 1.807) is 25.9 Å². The number of benzene rings is 1. The number of hydrogen-bond donors (Lipinski definition) is 0. The number of fused-ring (bicyclic) bond motifs is 1. The topological polar surface area (TPSA) is 65.3 Å². The first-order valence-corrected chi connectivity index (χ1v) is 8.20. The number of rotatable bonds is 4. The number of ether oxygens (including phenoxy) is 3. The largest absolute Gasteiger partial charge is 0.493 e. The minimum Gasteiger partial charge on any atom is -0.493 e. The fraction of sp³-hybridized carbons (Fsp3) is 0.375. The fourth-order valence-corrected chi connectivity index (χ4v) is 3.61. The smallest absolute Gasteiger partial charge is 0.270 e. The van der Waals surface area contributed by atoms with Crippen molar-refractivity contribution in [2.45, 2.75) is 6.54 Å². The van der Waals surface area contributed by atoms with Crippen LogP contribution < -0.4 is 29.1 Å². The van der Waals surface area contributed by atoms with Gasteiger partial charge in [0.05, 0.1) is 32.4 Å². The maximum absolute atomic E-state index is 12.5. The van der Waals surface area contributed by atoms with Crippen molar-refractivity contribution in [1.29, 1.82) is 0 Å². The molecule has 0 spiro atoms.